The van der Waals surface area contributed by atoms with Crippen LogP contribution < -0.4 is 11.1 Å². The van der Waals surface area contributed by atoms with Crippen molar-refractivity contribution in [1.29, 1.82) is 0 Å². The SMILES string of the molecule is NC1(CC(=O)Nc2ccccc2-c2ccccc2)CCC1. The maximum Gasteiger partial charge on any atom is 0.226 e. The number of rotatable bonds is 4. The number of carbonyl (C=O) groups excluding carboxylic acids is 1. The molecule has 0 bridgehead atoms. The van der Waals surface area contributed by atoms with E-state index in [4.69, 9.17) is 5.73 Å². The predicted octanol–water partition coefficient (Wildman–Crippen LogP) is 3.56. The highest BCUT2D eigenvalue weighted by Gasteiger charge is 2.34. The first-order valence-corrected chi connectivity index (χ1v) is 7.40. The van der Waals surface area contributed by atoms with E-state index < -0.39 is 0 Å². The highest BCUT2D eigenvalue weighted by molar-refractivity contribution is 5.96. The maximum atomic E-state index is 12.2. The molecule has 2 aromatic carbocycles. The molecule has 1 amide bonds. The third-order valence-corrected chi connectivity index (χ3v) is 4.15. The number of nitrogens with two attached hydrogens (primary N) is 1. The maximum absolute atomic E-state index is 12.2. The molecule has 1 aliphatic carbocycles. The van der Waals surface area contributed by atoms with Gasteiger partial charge in [0.2, 0.25) is 5.91 Å². The van der Waals surface area contributed by atoms with Crippen LogP contribution in [0.15, 0.2) is 54.6 Å². The van der Waals surface area contributed by atoms with Crippen molar-refractivity contribution in [2.75, 3.05) is 5.32 Å². The van der Waals surface area contributed by atoms with Crippen molar-refractivity contribution in [1.82, 2.24) is 0 Å². The van der Waals surface area contributed by atoms with Gasteiger partial charge >= 0.3 is 0 Å². The van der Waals surface area contributed by atoms with Crippen LogP contribution in [0.1, 0.15) is 25.7 Å². The predicted molar refractivity (Wildman–Crippen MR) is 85.9 cm³/mol. The largest absolute Gasteiger partial charge is 0.325 e. The van der Waals surface area contributed by atoms with E-state index in [9.17, 15) is 4.79 Å². The molecule has 0 saturated heterocycles. The first-order chi connectivity index (χ1) is 10.2. The van der Waals surface area contributed by atoms with Gasteiger partial charge in [-0.2, -0.15) is 0 Å². The van der Waals surface area contributed by atoms with Gasteiger partial charge in [-0.3, -0.25) is 4.79 Å². The van der Waals surface area contributed by atoms with E-state index in [1.807, 2.05) is 54.6 Å². The summed E-state index contributed by atoms with van der Waals surface area (Å²) in [6.45, 7) is 0. The van der Waals surface area contributed by atoms with Crippen molar-refractivity contribution in [2.24, 2.45) is 5.73 Å². The van der Waals surface area contributed by atoms with Gasteiger partial charge < -0.3 is 11.1 Å². The van der Waals surface area contributed by atoms with Gasteiger partial charge in [0, 0.05) is 23.2 Å². The van der Waals surface area contributed by atoms with E-state index in [2.05, 4.69) is 5.32 Å². The van der Waals surface area contributed by atoms with Crippen LogP contribution in [0.3, 0.4) is 0 Å². The molecule has 1 aliphatic rings. The Morgan fingerprint density at radius 2 is 1.71 bits per heavy atom. The first kappa shape index (κ1) is 13.8. The van der Waals surface area contributed by atoms with Crippen molar-refractivity contribution in [3.05, 3.63) is 54.6 Å². The lowest BCUT2D eigenvalue weighted by Crippen LogP contribution is -2.48. The average molecular weight is 280 g/mol. The lowest BCUT2D eigenvalue weighted by Gasteiger charge is -2.37. The van der Waals surface area contributed by atoms with E-state index in [0.717, 1.165) is 36.1 Å². The number of anilines is 1. The van der Waals surface area contributed by atoms with Crippen LogP contribution in [0.5, 0.6) is 0 Å². The molecular weight excluding hydrogens is 260 g/mol. The Morgan fingerprint density at radius 1 is 1.05 bits per heavy atom. The summed E-state index contributed by atoms with van der Waals surface area (Å²) in [5.41, 5.74) is 8.83. The van der Waals surface area contributed by atoms with E-state index >= 15 is 0 Å². The summed E-state index contributed by atoms with van der Waals surface area (Å²) in [6.07, 6.45) is 3.42. The van der Waals surface area contributed by atoms with Gasteiger partial charge in [-0.1, -0.05) is 48.5 Å². The molecular formula is C18H20N2O. The highest BCUT2D eigenvalue weighted by Crippen LogP contribution is 2.33. The lowest BCUT2D eigenvalue weighted by atomic mass is 9.75. The second-order valence-electron chi connectivity index (χ2n) is 5.85. The number of benzene rings is 2. The van der Waals surface area contributed by atoms with Crippen LogP contribution in [0, 0.1) is 0 Å². The van der Waals surface area contributed by atoms with Crippen LogP contribution in [0.4, 0.5) is 5.69 Å². The molecule has 0 atom stereocenters. The number of amides is 1. The summed E-state index contributed by atoms with van der Waals surface area (Å²) < 4.78 is 0. The molecule has 0 aliphatic heterocycles. The van der Waals surface area contributed by atoms with Gasteiger partial charge in [-0.25, -0.2) is 0 Å². The summed E-state index contributed by atoms with van der Waals surface area (Å²) in [7, 11) is 0. The van der Waals surface area contributed by atoms with Gasteiger partial charge in [0.05, 0.1) is 0 Å². The molecule has 0 aromatic heterocycles. The molecule has 0 unspecified atom stereocenters. The minimum absolute atomic E-state index is 0.000538. The monoisotopic (exact) mass is 280 g/mol. The summed E-state index contributed by atoms with van der Waals surface area (Å²) in [5.74, 6) is 0.000538. The van der Waals surface area contributed by atoms with Gasteiger partial charge in [0.25, 0.3) is 0 Å². The Labute approximate surface area is 125 Å². The third kappa shape index (κ3) is 3.14. The zero-order chi connectivity index (χ0) is 14.7. The number of para-hydroxylation sites is 1. The van der Waals surface area contributed by atoms with E-state index in [-0.39, 0.29) is 11.4 Å². The molecule has 3 N–H and O–H groups in total. The molecule has 21 heavy (non-hydrogen) atoms. The number of hydrogen-bond donors (Lipinski definition) is 2. The van der Waals surface area contributed by atoms with Crippen molar-refractivity contribution in [3.8, 4) is 11.1 Å². The average Bonchev–Trinajstić information content (AvgIpc) is 2.47. The van der Waals surface area contributed by atoms with Crippen LogP contribution in [0.2, 0.25) is 0 Å². The summed E-state index contributed by atoms with van der Waals surface area (Å²) >= 11 is 0. The topological polar surface area (TPSA) is 55.1 Å². The Morgan fingerprint density at radius 3 is 2.38 bits per heavy atom. The molecule has 0 spiro atoms. The quantitative estimate of drug-likeness (QED) is 0.899. The van der Waals surface area contributed by atoms with E-state index in [0.29, 0.717) is 6.42 Å². The fourth-order valence-electron chi connectivity index (χ4n) is 2.78. The Kier molecular flexibility index (Phi) is 3.76. The minimum atomic E-state index is -0.286. The molecule has 1 fully saturated rings. The fourth-order valence-corrected chi connectivity index (χ4v) is 2.78. The van der Waals surface area contributed by atoms with Crippen LogP contribution in [-0.2, 0) is 4.79 Å². The standard InChI is InChI=1S/C18H20N2O/c19-18(11-6-12-18)13-17(21)20-16-10-5-4-9-15(16)14-7-2-1-3-8-14/h1-5,7-10H,6,11-13,19H2,(H,20,21). The van der Waals surface area contributed by atoms with Gasteiger partial charge in [-0.05, 0) is 30.9 Å². The summed E-state index contributed by atoms with van der Waals surface area (Å²) in [5, 5.41) is 3.01. The van der Waals surface area contributed by atoms with Crippen molar-refractivity contribution in [2.45, 2.75) is 31.2 Å². The second-order valence-corrected chi connectivity index (χ2v) is 5.85. The molecule has 108 valence electrons. The third-order valence-electron chi connectivity index (χ3n) is 4.15. The van der Waals surface area contributed by atoms with Crippen molar-refractivity contribution < 1.29 is 4.79 Å². The van der Waals surface area contributed by atoms with Crippen molar-refractivity contribution in [3.63, 3.8) is 0 Å². The molecule has 0 heterocycles. The molecule has 3 heteroatoms. The highest BCUT2D eigenvalue weighted by atomic mass is 16.1. The van der Waals surface area contributed by atoms with Gasteiger partial charge in [0.1, 0.15) is 0 Å². The first-order valence-electron chi connectivity index (χ1n) is 7.40. The molecule has 0 radical (unpaired) electrons. The number of carbonyl (C=O) groups is 1. The van der Waals surface area contributed by atoms with E-state index in [1.165, 1.54) is 0 Å². The molecule has 1 saturated carbocycles. The minimum Gasteiger partial charge on any atom is -0.325 e. The van der Waals surface area contributed by atoms with E-state index in [1.54, 1.807) is 0 Å². The fraction of sp³-hybridized carbons (Fsp3) is 0.278. The second kappa shape index (κ2) is 5.70. The molecule has 3 nitrogen and oxygen atoms in total. The van der Waals surface area contributed by atoms with Gasteiger partial charge in [-0.15, -0.1) is 0 Å². The van der Waals surface area contributed by atoms with Crippen LogP contribution in [-0.4, -0.2) is 11.4 Å². The molecule has 2 aromatic rings. The molecule has 3 rings (SSSR count). The zero-order valence-electron chi connectivity index (χ0n) is 12.0. The Bertz CT molecular complexity index is 633. The van der Waals surface area contributed by atoms with Crippen LogP contribution >= 0.6 is 0 Å². The lowest BCUT2D eigenvalue weighted by molar-refractivity contribution is -0.118. The zero-order valence-corrected chi connectivity index (χ0v) is 12.0. The normalized spacial score (nSPS) is 16.0. The summed E-state index contributed by atoms with van der Waals surface area (Å²) in [6, 6.07) is 17.9. The van der Waals surface area contributed by atoms with Crippen LogP contribution in [0.25, 0.3) is 11.1 Å². The smallest absolute Gasteiger partial charge is 0.226 e. The number of nitrogens with one attached hydrogen (secondary N) is 1. The Balaban J connectivity index is 1.78. The van der Waals surface area contributed by atoms with Crippen molar-refractivity contribution >= 4 is 11.6 Å². The Hall–Kier alpha value is -2.13. The summed E-state index contributed by atoms with van der Waals surface area (Å²) in [4.78, 5) is 12.2. The van der Waals surface area contributed by atoms with Gasteiger partial charge in [0.15, 0.2) is 0 Å². The number of hydrogen-bond acceptors (Lipinski definition) is 2.